The van der Waals surface area contributed by atoms with Crippen LogP contribution in [0.1, 0.15) is 52.8 Å². The van der Waals surface area contributed by atoms with Crippen molar-refractivity contribution in [1.29, 1.82) is 0 Å². The monoisotopic (exact) mass is 236 g/mol. The van der Waals surface area contributed by atoms with Crippen LogP contribution in [0.4, 0.5) is 0 Å². The highest BCUT2D eigenvalue weighted by Gasteiger charge is 2.34. The van der Waals surface area contributed by atoms with E-state index < -0.39 is 0 Å². The van der Waals surface area contributed by atoms with Gasteiger partial charge in [-0.25, -0.2) is 4.68 Å². The highest BCUT2D eigenvalue weighted by atomic mass is 15.4. The third-order valence-corrected chi connectivity index (χ3v) is 3.68. The van der Waals surface area contributed by atoms with E-state index >= 15 is 0 Å². The Balaban J connectivity index is 2.25. The highest BCUT2D eigenvalue weighted by molar-refractivity contribution is 5.07. The maximum absolute atomic E-state index is 4.34. The van der Waals surface area contributed by atoms with Crippen LogP contribution in [0.15, 0.2) is 6.20 Å². The number of hydrogen-bond acceptors (Lipinski definition) is 3. The summed E-state index contributed by atoms with van der Waals surface area (Å²) in [7, 11) is 0. The molecule has 96 valence electrons. The van der Waals surface area contributed by atoms with Crippen molar-refractivity contribution in [3.8, 4) is 0 Å². The summed E-state index contributed by atoms with van der Waals surface area (Å²) in [5, 5.41) is 12.1. The molecule has 1 aliphatic rings. The van der Waals surface area contributed by atoms with Gasteiger partial charge in [-0.2, -0.15) is 0 Å². The van der Waals surface area contributed by atoms with Gasteiger partial charge in [-0.15, -0.1) is 5.10 Å². The normalized spacial score (nSPS) is 24.9. The minimum absolute atomic E-state index is 0.0787. The molecule has 1 fully saturated rings. The zero-order valence-electron chi connectivity index (χ0n) is 11.6. The standard InChI is InChI=1S/C13H24N4/c1-12(2,3)10-8-17(16-15-10)11-6-7-14-9-13(11,4)5/h8,11,14H,6-7,9H2,1-5H3. The van der Waals surface area contributed by atoms with Crippen LogP contribution in [0.3, 0.4) is 0 Å². The smallest absolute Gasteiger partial charge is 0.0880 e. The molecule has 0 aromatic carbocycles. The van der Waals surface area contributed by atoms with Gasteiger partial charge < -0.3 is 5.32 Å². The first kappa shape index (κ1) is 12.6. The van der Waals surface area contributed by atoms with E-state index in [2.05, 4.69) is 61.1 Å². The van der Waals surface area contributed by atoms with Crippen molar-refractivity contribution in [3.63, 3.8) is 0 Å². The lowest BCUT2D eigenvalue weighted by Crippen LogP contribution is -2.44. The van der Waals surface area contributed by atoms with E-state index in [1.54, 1.807) is 0 Å². The van der Waals surface area contributed by atoms with Gasteiger partial charge in [0.15, 0.2) is 0 Å². The van der Waals surface area contributed by atoms with E-state index in [1.165, 1.54) is 0 Å². The molecule has 1 aromatic heterocycles. The number of nitrogens with one attached hydrogen (secondary N) is 1. The van der Waals surface area contributed by atoms with Crippen molar-refractivity contribution in [2.45, 2.75) is 52.5 Å². The second kappa shape index (κ2) is 4.09. The van der Waals surface area contributed by atoms with Gasteiger partial charge in [0.05, 0.1) is 11.7 Å². The maximum Gasteiger partial charge on any atom is 0.0880 e. The van der Waals surface area contributed by atoms with Gasteiger partial charge in [0.25, 0.3) is 0 Å². The van der Waals surface area contributed by atoms with Crippen LogP contribution < -0.4 is 5.32 Å². The molecule has 0 radical (unpaired) electrons. The summed E-state index contributed by atoms with van der Waals surface area (Å²) in [6.07, 6.45) is 3.25. The fourth-order valence-corrected chi connectivity index (χ4v) is 2.42. The molecule has 1 N–H and O–H groups in total. The number of aromatic nitrogens is 3. The number of hydrogen-bond donors (Lipinski definition) is 1. The van der Waals surface area contributed by atoms with E-state index in [1.807, 2.05) is 0 Å². The first-order valence-electron chi connectivity index (χ1n) is 6.44. The average molecular weight is 236 g/mol. The Morgan fingerprint density at radius 3 is 2.65 bits per heavy atom. The molecule has 4 nitrogen and oxygen atoms in total. The Morgan fingerprint density at radius 1 is 1.41 bits per heavy atom. The molecule has 1 aromatic rings. The quantitative estimate of drug-likeness (QED) is 0.812. The molecule has 0 saturated carbocycles. The minimum atomic E-state index is 0.0787. The molecule has 1 unspecified atom stereocenters. The molecule has 0 bridgehead atoms. The summed E-state index contributed by atoms with van der Waals surface area (Å²) in [5.74, 6) is 0. The number of piperidine rings is 1. The summed E-state index contributed by atoms with van der Waals surface area (Å²) in [5.41, 5.74) is 1.39. The molecule has 17 heavy (non-hydrogen) atoms. The lowest BCUT2D eigenvalue weighted by atomic mass is 9.80. The van der Waals surface area contributed by atoms with E-state index in [0.717, 1.165) is 25.2 Å². The second-order valence-electron chi connectivity index (χ2n) is 6.80. The minimum Gasteiger partial charge on any atom is -0.316 e. The van der Waals surface area contributed by atoms with E-state index in [0.29, 0.717) is 6.04 Å². The van der Waals surface area contributed by atoms with Crippen LogP contribution in [-0.4, -0.2) is 28.1 Å². The molecule has 1 saturated heterocycles. The highest BCUT2D eigenvalue weighted by Crippen LogP contribution is 2.35. The molecular formula is C13H24N4. The summed E-state index contributed by atoms with van der Waals surface area (Å²) >= 11 is 0. The van der Waals surface area contributed by atoms with Gasteiger partial charge in [0.2, 0.25) is 0 Å². The first-order valence-corrected chi connectivity index (χ1v) is 6.44. The Kier molecular flexibility index (Phi) is 3.02. The van der Waals surface area contributed by atoms with Crippen LogP contribution in [-0.2, 0) is 5.41 Å². The van der Waals surface area contributed by atoms with Crippen LogP contribution in [0.25, 0.3) is 0 Å². The van der Waals surface area contributed by atoms with Gasteiger partial charge in [0, 0.05) is 18.2 Å². The van der Waals surface area contributed by atoms with Crippen molar-refractivity contribution >= 4 is 0 Å². The van der Waals surface area contributed by atoms with Gasteiger partial charge in [0.1, 0.15) is 0 Å². The van der Waals surface area contributed by atoms with E-state index in [9.17, 15) is 0 Å². The van der Waals surface area contributed by atoms with Gasteiger partial charge in [-0.3, -0.25) is 0 Å². The Hall–Kier alpha value is -0.900. The predicted octanol–water partition coefficient (Wildman–Crippen LogP) is 2.14. The zero-order chi connectivity index (χ0) is 12.7. The molecule has 4 heteroatoms. The lowest BCUT2D eigenvalue weighted by molar-refractivity contribution is 0.147. The van der Waals surface area contributed by atoms with Gasteiger partial charge in [-0.1, -0.05) is 39.8 Å². The summed E-state index contributed by atoms with van der Waals surface area (Å²) in [6.45, 7) is 13.2. The van der Waals surface area contributed by atoms with Crippen LogP contribution in [0, 0.1) is 5.41 Å². The molecular weight excluding hydrogens is 212 g/mol. The van der Waals surface area contributed by atoms with Crippen molar-refractivity contribution in [2.75, 3.05) is 13.1 Å². The summed E-state index contributed by atoms with van der Waals surface area (Å²) < 4.78 is 2.07. The van der Waals surface area contributed by atoms with E-state index in [4.69, 9.17) is 0 Å². The predicted molar refractivity (Wildman–Crippen MR) is 69.0 cm³/mol. The Labute approximate surface area is 104 Å². The van der Waals surface area contributed by atoms with Crippen LogP contribution in [0.5, 0.6) is 0 Å². The molecule has 0 amide bonds. The fourth-order valence-electron chi connectivity index (χ4n) is 2.42. The number of nitrogens with zero attached hydrogens (tertiary/aromatic N) is 3. The molecule has 1 aliphatic heterocycles. The average Bonchev–Trinajstić information content (AvgIpc) is 2.65. The molecule has 0 spiro atoms. The molecule has 2 heterocycles. The summed E-state index contributed by atoms with van der Waals surface area (Å²) in [6, 6.07) is 0.451. The van der Waals surface area contributed by atoms with Crippen molar-refractivity contribution in [2.24, 2.45) is 5.41 Å². The molecule has 1 atom stereocenters. The van der Waals surface area contributed by atoms with Crippen LogP contribution >= 0.6 is 0 Å². The lowest BCUT2D eigenvalue weighted by Gasteiger charge is -2.38. The topological polar surface area (TPSA) is 42.7 Å². The SMILES string of the molecule is CC(C)(C)c1cn(C2CCNCC2(C)C)nn1. The maximum atomic E-state index is 4.34. The second-order valence-corrected chi connectivity index (χ2v) is 6.80. The first-order chi connectivity index (χ1) is 7.81. The summed E-state index contributed by atoms with van der Waals surface area (Å²) in [4.78, 5) is 0. The largest absolute Gasteiger partial charge is 0.316 e. The van der Waals surface area contributed by atoms with Crippen molar-refractivity contribution in [3.05, 3.63) is 11.9 Å². The third-order valence-electron chi connectivity index (χ3n) is 3.68. The number of rotatable bonds is 1. The zero-order valence-corrected chi connectivity index (χ0v) is 11.6. The molecule has 0 aliphatic carbocycles. The Morgan fingerprint density at radius 2 is 2.12 bits per heavy atom. The van der Waals surface area contributed by atoms with Crippen LogP contribution in [0.2, 0.25) is 0 Å². The van der Waals surface area contributed by atoms with Gasteiger partial charge in [-0.05, 0) is 18.4 Å². The van der Waals surface area contributed by atoms with Gasteiger partial charge >= 0.3 is 0 Å². The fraction of sp³-hybridized carbons (Fsp3) is 0.846. The van der Waals surface area contributed by atoms with Crippen molar-refractivity contribution in [1.82, 2.24) is 20.3 Å². The Bertz CT molecular complexity index is 386. The van der Waals surface area contributed by atoms with Crippen molar-refractivity contribution < 1.29 is 0 Å². The van der Waals surface area contributed by atoms with E-state index in [-0.39, 0.29) is 10.8 Å². The third kappa shape index (κ3) is 2.51. The molecule has 2 rings (SSSR count).